The Hall–Kier alpha value is -2.19. The maximum Gasteiger partial charge on any atom is 0.308 e. The lowest BCUT2D eigenvalue weighted by atomic mass is 10.1. The standard InChI is InChI=1S/C25H36ClN3O4S/c1-2-3-4-5-6-7-8-9-16-33-23(31)18-21-24(32)27-14-15-29(21)25(34)28-22(30)17-19-10-12-20(26)13-11-19/h10-13,21H,2-9,14-18H2,1H3,(H,27,32)(H,28,30,34). The number of nitrogens with one attached hydrogen (secondary N) is 2. The molecule has 0 bridgehead atoms. The van der Waals surface area contributed by atoms with Crippen LogP contribution in [0.3, 0.4) is 0 Å². The summed E-state index contributed by atoms with van der Waals surface area (Å²) in [6.07, 6.45) is 9.30. The van der Waals surface area contributed by atoms with E-state index in [0.29, 0.717) is 24.7 Å². The van der Waals surface area contributed by atoms with Crippen molar-refractivity contribution < 1.29 is 19.1 Å². The largest absolute Gasteiger partial charge is 0.466 e. The fraction of sp³-hybridized carbons (Fsp3) is 0.600. The summed E-state index contributed by atoms with van der Waals surface area (Å²) in [5.41, 5.74) is 0.794. The first-order chi connectivity index (χ1) is 16.4. The monoisotopic (exact) mass is 509 g/mol. The van der Waals surface area contributed by atoms with Crippen LogP contribution in [-0.4, -0.2) is 53.5 Å². The number of hydrogen-bond donors (Lipinski definition) is 2. The number of nitrogens with zero attached hydrogens (tertiary/aromatic N) is 1. The minimum Gasteiger partial charge on any atom is -0.466 e. The lowest BCUT2D eigenvalue weighted by molar-refractivity contribution is -0.147. The molecule has 1 aliphatic rings. The van der Waals surface area contributed by atoms with Crippen molar-refractivity contribution in [3.05, 3.63) is 34.9 Å². The van der Waals surface area contributed by atoms with E-state index in [0.717, 1.165) is 24.8 Å². The zero-order valence-corrected chi connectivity index (χ0v) is 21.5. The number of thiocarbonyl (C=S) groups is 1. The van der Waals surface area contributed by atoms with Crippen LogP contribution in [-0.2, 0) is 25.5 Å². The van der Waals surface area contributed by atoms with Crippen LogP contribution in [0.4, 0.5) is 0 Å². The third-order valence-corrected chi connectivity index (χ3v) is 6.33. The number of carbonyl (C=O) groups excluding carboxylic acids is 3. The van der Waals surface area contributed by atoms with E-state index in [1.807, 2.05) is 0 Å². The molecule has 1 aromatic carbocycles. The predicted molar refractivity (Wildman–Crippen MR) is 138 cm³/mol. The summed E-state index contributed by atoms with van der Waals surface area (Å²) in [5, 5.41) is 6.15. The molecule has 0 radical (unpaired) electrons. The second-order valence-electron chi connectivity index (χ2n) is 8.56. The summed E-state index contributed by atoms with van der Waals surface area (Å²) >= 11 is 11.3. The number of hydrogen-bond acceptors (Lipinski definition) is 5. The van der Waals surface area contributed by atoms with E-state index >= 15 is 0 Å². The topological polar surface area (TPSA) is 87.7 Å². The highest BCUT2D eigenvalue weighted by Gasteiger charge is 2.34. The van der Waals surface area contributed by atoms with Gasteiger partial charge in [-0.3, -0.25) is 14.4 Å². The highest BCUT2D eigenvalue weighted by molar-refractivity contribution is 7.80. The number of benzene rings is 1. The number of unbranched alkanes of at least 4 members (excludes halogenated alkanes) is 7. The third-order valence-electron chi connectivity index (χ3n) is 5.74. The molecule has 9 heteroatoms. The molecule has 34 heavy (non-hydrogen) atoms. The van der Waals surface area contributed by atoms with Crippen molar-refractivity contribution >= 4 is 46.7 Å². The summed E-state index contributed by atoms with van der Waals surface area (Å²) in [4.78, 5) is 38.8. The van der Waals surface area contributed by atoms with Crippen molar-refractivity contribution in [1.82, 2.24) is 15.5 Å². The fourth-order valence-electron chi connectivity index (χ4n) is 3.82. The molecule has 0 saturated carbocycles. The van der Waals surface area contributed by atoms with Crippen molar-refractivity contribution in [3.8, 4) is 0 Å². The van der Waals surface area contributed by atoms with Gasteiger partial charge in [0, 0.05) is 18.1 Å². The van der Waals surface area contributed by atoms with Gasteiger partial charge in [-0.2, -0.15) is 0 Å². The van der Waals surface area contributed by atoms with Crippen molar-refractivity contribution in [2.45, 2.75) is 77.2 Å². The number of piperazine rings is 1. The van der Waals surface area contributed by atoms with Crippen molar-refractivity contribution in [3.63, 3.8) is 0 Å². The summed E-state index contributed by atoms with van der Waals surface area (Å²) in [7, 11) is 0. The van der Waals surface area contributed by atoms with Gasteiger partial charge < -0.3 is 20.3 Å². The van der Waals surface area contributed by atoms with Crippen molar-refractivity contribution in [2.75, 3.05) is 19.7 Å². The second-order valence-corrected chi connectivity index (χ2v) is 9.38. The average molecular weight is 510 g/mol. The van der Waals surface area contributed by atoms with Crippen LogP contribution in [0, 0.1) is 0 Å². The summed E-state index contributed by atoms with van der Waals surface area (Å²) in [6.45, 7) is 3.35. The number of halogens is 1. The molecule has 1 atom stereocenters. The van der Waals surface area contributed by atoms with E-state index in [1.165, 1.54) is 32.1 Å². The Morgan fingerprint density at radius 2 is 1.76 bits per heavy atom. The molecule has 1 unspecified atom stereocenters. The SMILES string of the molecule is CCCCCCCCCCOC(=O)CC1C(=O)NCCN1C(=S)NC(=O)Cc1ccc(Cl)cc1. The van der Waals surface area contributed by atoms with Crippen LogP contribution in [0.1, 0.15) is 70.3 Å². The van der Waals surface area contributed by atoms with Crippen LogP contribution in [0.15, 0.2) is 24.3 Å². The zero-order valence-electron chi connectivity index (χ0n) is 19.9. The Bertz CT molecular complexity index is 819. The summed E-state index contributed by atoms with van der Waals surface area (Å²) in [6, 6.07) is 6.16. The molecule has 1 heterocycles. The lowest BCUT2D eigenvalue weighted by Crippen LogP contribution is -2.60. The van der Waals surface area contributed by atoms with Crippen LogP contribution in [0.2, 0.25) is 5.02 Å². The van der Waals surface area contributed by atoms with Crippen LogP contribution in [0.5, 0.6) is 0 Å². The summed E-state index contributed by atoms with van der Waals surface area (Å²) in [5.74, 6) is -1.04. The quantitative estimate of drug-likeness (QED) is 0.236. The maximum absolute atomic E-state index is 12.4. The van der Waals surface area contributed by atoms with Gasteiger partial charge in [0.2, 0.25) is 11.8 Å². The molecule has 1 aliphatic heterocycles. The Balaban J connectivity index is 1.74. The third kappa shape index (κ3) is 10.4. The first kappa shape index (κ1) is 28.1. The van der Waals surface area contributed by atoms with Crippen molar-refractivity contribution in [2.24, 2.45) is 0 Å². The Morgan fingerprint density at radius 3 is 2.44 bits per heavy atom. The van der Waals surface area contributed by atoms with Gasteiger partial charge in [0.15, 0.2) is 5.11 Å². The molecule has 188 valence electrons. The van der Waals surface area contributed by atoms with E-state index in [-0.39, 0.29) is 29.8 Å². The number of amides is 2. The normalized spacial score (nSPS) is 15.5. The highest BCUT2D eigenvalue weighted by Crippen LogP contribution is 2.13. The van der Waals surface area contributed by atoms with E-state index in [9.17, 15) is 14.4 Å². The molecule has 2 amide bonds. The molecular weight excluding hydrogens is 474 g/mol. The molecule has 2 N–H and O–H groups in total. The first-order valence-corrected chi connectivity index (χ1v) is 13.0. The number of esters is 1. The molecule has 0 spiro atoms. The van der Waals surface area contributed by atoms with Gasteiger partial charge in [-0.1, -0.05) is 75.6 Å². The van der Waals surface area contributed by atoms with E-state index in [4.69, 9.17) is 28.6 Å². The van der Waals surface area contributed by atoms with Gasteiger partial charge >= 0.3 is 5.97 Å². The molecule has 2 rings (SSSR count). The Labute approximate surface area is 212 Å². The molecule has 0 aromatic heterocycles. The number of carbonyl (C=O) groups is 3. The molecule has 1 fully saturated rings. The molecule has 7 nitrogen and oxygen atoms in total. The minimum absolute atomic E-state index is 0.115. The molecule has 1 aromatic rings. The van der Waals surface area contributed by atoms with Crippen LogP contribution >= 0.6 is 23.8 Å². The Morgan fingerprint density at radius 1 is 1.12 bits per heavy atom. The predicted octanol–water partition coefficient (Wildman–Crippen LogP) is 4.16. The van der Waals surface area contributed by atoms with Crippen LogP contribution in [0.25, 0.3) is 0 Å². The number of rotatable bonds is 13. The van der Waals surface area contributed by atoms with E-state index < -0.39 is 12.0 Å². The van der Waals surface area contributed by atoms with Gasteiger partial charge in [0.25, 0.3) is 0 Å². The van der Waals surface area contributed by atoms with Gasteiger partial charge in [-0.15, -0.1) is 0 Å². The molecule has 1 saturated heterocycles. The van der Waals surface area contributed by atoms with Gasteiger partial charge in [0.1, 0.15) is 6.04 Å². The summed E-state index contributed by atoms with van der Waals surface area (Å²) < 4.78 is 5.35. The lowest BCUT2D eigenvalue weighted by Gasteiger charge is -2.36. The van der Waals surface area contributed by atoms with E-state index in [1.54, 1.807) is 29.2 Å². The highest BCUT2D eigenvalue weighted by atomic mass is 35.5. The smallest absolute Gasteiger partial charge is 0.308 e. The molecular formula is C25H36ClN3O4S. The first-order valence-electron chi connectivity index (χ1n) is 12.2. The minimum atomic E-state index is -0.803. The van der Waals surface area contributed by atoms with E-state index in [2.05, 4.69) is 17.6 Å². The van der Waals surface area contributed by atoms with Crippen LogP contribution < -0.4 is 10.6 Å². The Kier molecular flexibility index (Phi) is 12.9. The second kappa shape index (κ2) is 15.7. The zero-order chi connectivity index (χ0) is 24.8. The average Bonchev–Trinajstić information content (AvgIpc) is 2.80. The number of ether oxygens (including phenoxy) is 1. The maximum atomic E-state index is 12.4. The van der Waals surface area contributed by atoms with Gasteiger partial charge in [-0.25, -0.2) is 0 Å². The van der Waals surface area contributed by atoms with Gasteiger partial charge in [-0.05, 0) is 36.3 Å². The van der Waals surface area contributed by atoms with Gasteiger partial charge in [0.05, 0.1) is 19.4 Å². The molecule has 0 aliphatic carbocycles. The van der Waals surface area contributed by atoms with Crippen molar-refractivity contribution in [1.29, 1.82) is 0 Å². The fourth-order valence-corrected chi connectivity index (χ4v) is 4.28.